The lowest BCUT2D eigenvalue weighted by Crippen LogP contribution is -2.11. The van der Waals surface area contributed by atoms with Gasteiger partial charge in [0.15, 0.2) is 5.82 Å². The lowest BCUT2D eigenvalue weighted by Gasteiger charge is -2.19. The average molecular weight is 318 g/mol. The Kier molecular flexibility index (Phi) is 4.47. The second-order valence-corrected chi connectivity index (χ2v) is 6.10. The molecule has 0 aliphatic heterocycles. The molecule has 0 saturated heterocycles. The molecule has 2 aromatic carbocycles. The molecule has 1 unspecified atom stereocenters. The lowest BCUT2D eigenvalue weighted by atomic mass is 10.00. The van der Waals surface area contributed by atoms with Crippen LogP contribution in [0.5, 0.6) is 0 Å². The van der Waals surface area contributed by atoms with Gasteiger partial charge in [-0.1, -0.05) is 35.9 Å². The molecule has 1 heterocycles. The molecule has 0 aliphatic rings. The van der Waals surface area contributed by atoms with Crippen LogP contribution in [0.15, 0.2) is 54.9 Å². The smallest absolute Gasteiger partial charge is 0.153 e. The molecule has 1 aromatic heterocycles. The van der Waals surface area contributed by atoms with Gasteiger partial charge in [-0.2, -0.15) is 0 Å². The number of nitrogens with zero attached hydrogens (tertiary/aromatic N) is 2. The maximum absolute atomic E-state index is 5.78. The van der Waals surface area contributed by atoms with Crippen LogP contribution in [0.3, 0.4) is 0 Å². The van der Waals surface area contributed by atoms with E-state index in [1.807, 2.05) is 24.3 Å². The minimum absolute atomic E-state index is 0.134. The van der Waals surface area contributed by atoms with Crippen LogP contribution in [0.2, 0.25) is 0 Å². The molecule has 24 heavy (non-hydrogen) atoms. The van der Waals surface area contributed by atoms with Crippen LogP contribution in [0, 0.1) is 13.8 Å². The summed E-state index contributed by atoms with van der Waals surface area (Å²) in [6.07, 6.45) is 3.41. The van der Waals surface area contributed by atoms with Crippen molar-refractivity contribution in [3.63, 3.8) is 0 Å². The van der Waals surface area contributed by atoms with Gasteiger partial charge in [-0.3, -0.25) is 4.98 Å². The monoisotopic (exact) mass is 318 g/mol. The topological polar surface area (TPSA) is 63.8 Å². The molecule has 3 aromatic rings. The van der Waals surface area contributed by atoms with Gasteiger partial charge in [-0.25, -0.2) is 4.98 Å². The van der Waals surface area contributed by atoms with E-state index in [2.05, 4.69) is 54.3 Å². The van der Waals surface area contributed by atoms with Crippen molar-refractivity contribution in [2.24, 2.45) is 0 Å². The van der Waals surface area contributed by atoms with Crippen molar-refractivity contribution in [1.82, 2.24) is 9.97 Å². The Morgan fingerprint density at radius 2 is 1.67 bits per heavy atom. The van der Waals surface area contributed by atoms with Gasteiger partial charge in [0.2, 0.25) is 0 Å². The van der Waals surface area contributed by atoms with E-state index >= 15 is 0 Å². The Balaban J connectivity index is 1.91. The van der Waals surface area contributed by atoms with Crippen LogP contribution in [-0.2, 0) is 0 Å². The molecule has 0 fully saturated rings. The van der Waals surface area contributed by atoms with Gasteiger partial charge in [-0.05, 0) is 44.0 Å². The van der Waals surface area contributed by atoms with Crippen LogP contribution in [0.1, 0.15) is 29.7 Å². The highest BCUT2D eigenvalue weighted by molar-refractivity contribution is 5.72. The van der Waals surface area contributed by atoms with Crippen LogP contribution in [0.25, 0.3) is 11.3 Å². The molecule has 0 spiro atoms. The molecule has 3 rings (SSSR count). The van der Waals surface area contributed by atoms with Crippen LogP contribution in [-0.4, -0.2) is 9.97 Å². The van der Waals surface area contributed by atoms with Gasteiger partial charge in [0.05, 0.1) is 6.04 Å². The van der Waals surface area contributed by atoms with E-state index in [4.69, 9.17) is 5.73 Å². The molecule has 0 amide bonds. The number of aromatic nitrogens is 2. The first-order chi connectivity index (χ1) is 11.5. The van der Waals surface area contributed by atoms with Gasteiger partial charge in [-0.15, -0.1) is 0 Å². The predicted molar refractivity (Wildman–Crippen MR) is 99.8 cm³/mol. The maximum Gasteiger partial charge on any atom is 0.153 e. The van der Waals surface area contributed by atoms with Gasteiger partial charge in [0.1, 0.15) is 5.69 Å². The van der Waals surface area contributed by atoms with Crippen molar-refractivity contribution in [1.29, 1.82) is 0 Å². The third kappa shape index (κ3) is 3.38. The fourth-order valence-electron chi connectivity index (χ4n) is 2.89. The Morgan fingerprint density at radius 1 is 0.958 bits per heavy atom. The van der Waals surface area contributed by atoms with Crippen molar-refractivity contribution in [3.05, 3.63) is 71.5 Å². The third-order valence-electron chi connectivity index (χ3n) is 4.13. The van der Waals surface area contributed by atoms with Gasteiger partial charge in [0.25, 0.3) is 0 Å². The third-order valence-corrected chi connectivity index (χ3v) is 4.13. The van der Waals surface area contributed by atoms with E-state index < -0.39 is 0 Å². The average Bonchev–Trinajstić information content (AvgIpc) is 2.56. The second-order valence-electron chi connectivity index (χ2n) is 6.10. The summed E-state index contributed by atoms with van der Waals surface area (Å²) in [4.78, 5) is 8.98. The Bertz CT molecular complexity index is 841. The molecule has 0 radical (unpaired) electrons. The van der Waals surface area contributed by atoms with Gasteiger partial charge < -0.3 is 11.1 Å². The number of hydrogen-bond donors (Lipinski definition) is 2. The van der Waals surface area contributed by atoms with E-state index in [0.717, 1.165) is 22.8 Å². The zero-order valence-electron chi connectivity index (χ0n) is 14.2. The van der Waals surface area contributed by atoms with E-state index in [1.54, 1.807) is 12.4 Å². The molecule has 3 N–H and O–H groups in total. The standard InChI is InChI=1S/C20H22N4/c1-13-4-9-18(14(2)12-13)15(3)24-20-19(22-10-11-23-20)16-5-7-17(21)8-6-16/h4-12,15H,21H2,1-3H3,(H,23,24). The number of anilines is 2. The summed E-state index contributed by atoms with van der Waals surface area (Å²) in [5, 5.41) is 3.50. The number of nitrogens with one attached hydrogen (secondary N) is 1. The number of benzene rings is 2. The highest BCUT2D eigenvalue weighted by Gasteiger charge is 2.13. The normalized spacial score (nSPS) is 12.0. The molecular formula is C20H22N4. The van der Waals surface area contributed by atoms with Crippen molar-refractivity contribution in [2.45, 2.75) is 26.8 Å². The van der Waals surface area contributed by atoms with Crippen molar-refractivity contribution in [2.75, 3.05) is 11.1 Å². The van der Waals surface area contributed by atoms with Crippen molar-refractivity contribution < 1.29 is 0 Å². The van der Waals surface area contributed by atoms with Gasteiger partial charge in [0, 0.05) is 23.6 Å². The van der Waals surface area contributed by atoms with Crippen molar-refractivity contribution >= 4 is 11.5 Å². The number of hydrogen-bond acceptors (Lipinski definition) is 4. The Hall–Kier alpha value is -2.88. The highest BCUT2D eigenvalue weighted by Crippen LogP contribution is 2.28. The summed E-state index contributed by atoms with van der Waals surface area (Å²) in [6.45, 7) is 6.38. The number of aryl methyl sites for hydroxylation is 2. The molecule has 122 valence electrons. The second kappa shape index (κ2) is 6.71. The van der Waals surface area contributed by atoms with E-state index in [9.17, 15) is 0 Å². The van der Waals surface area contributed by atoms with E-state index in [1.165, 1.54) is 16.7 Å². The summed E-state index contributed by atoms with van der Waals surface area (Å²) in [6, 6.07) is 14.3. The molecule has 1 atom stereocenters. The summed E-state index contributed by atoms with van der Waals surface area (Å²) in [5.41, 5.74) is 12.1. The molecule has 4 nitrogen and oxygen atoms in total. The fourth-order valence-corrected chi connectivity index (χ4v) is 2.89. The lowest BCUT2D eigenvalue weighted by molar-refractivity contribution is 0.862. The minimum Gasteiger partial charge on any atom is -0.399 e. The number of nitrogens with two attached hydrogens (primary N) is 1. The van der Waals surface area contributed by atoms with Gasteiger partial charge >= 0.3 is 0 Å². The van der Waals surface area contributed by atoms with Crippen LogP contribution in [0.4, 0.5) is 11.5 Å². The van der Waals surface area contributed by atoms with Crippen LogP contribution >= 0.6 is 0 Å². The summed E-state index contributed by atoms with van der Waals surface area (Å²) >= 11 is 0. The zero-order chi connectivity index (χ0) is 17.1. The van der Waals surface area contributed by atoms with E-state index in [0.29, 0.717) is 0 Å². The zero-order valence-corrected chi connectivity index (χ0v) is 14.2. The Morgan fingerprint density at radius 3 is 2.38 bits per heavy atom. The molecule has 4 heteroatoms. The fraction of sp³-hybridized carbons (Fsp3) is 0.200. The molecule has 0 saturated carbocycles. The minimum atomic E-state index is 0.134. The molecule has 0 bridgehead atoms. The van der Waals surface area contributed by atoms with Crippen molar-refractivity contribution in [3.8, 4) is 11.3 Å². The highest BCUT2D eigenvalue weighted by atomic mass is 15.0. The van der Waals surface area contributed by atoms with E-state index in [-0.39, 0.29) is 6.04 Å². The maximum atomic E-state index is 5.78. The molecule has 0 aliphatic carbocycles. The largest absolute Gasteiger partial charge is 0.399 e. The number of rotatable bonds is 4. The van der Waals surface area contributed by atoms with Crippen LogP contribution < -0.4 is 11.1 Å². The summed E-state index contributed by atoms with van der Waals surface area (Å²) in [7, 11) is 0. The number of nitrogen functional groups attached to an aromatic ring is 1. The first-order valence-corrected chi connectivity index (χ1v) is 8.05. The first-order valence-electron chi connectivity index (χ1n) is 8.05. The summed E-state index contributed by atoms with van der Waals surface area (Å²) in [5.74, 6) is 0.773. The quantitative estimate of drug-likeness (QED) is 0.694. The Labute approximate surface area is 142 Å². The molecular weight excluding hydrogens is 296 g/mol. The predicted octanol–water partition coefficient (Wildman–Crippen LogP) is 4.52. The summed E-state index contributed by atoms with van der Waals surface area (Å²) < 4.78 is 0. The SMILES string of the molecule is Cc1ccc(C(C)Nc2nccnc2-c2ccc(N)cc2)c(C)c1. The first kappa shape index (κ1) is 16.0.